The van der Waals surface area contributed by atoms with E-state index in [1.54, 1.807) is 0 Å². The number of rotatable bonds is 6. The topological polar surface area (TPSA) is 15.3 Å². The van der Waals surface area contributed by atoms with E-state index in [1.807, 2.05) is 30.9 Å². The highest BCUT2D eigenvalue weighted by Crippen LogP contribution is 2.26. The zero-order valence-corrected chi connectivity index (χ0v) is 12.5. The maximum atomic E-state index is 6.09. The average Bonchev–Trinajstić information content (AvgIpc) is 2.31. The number of halogens is 1. The van der Waals surface area contributed by atoms with E-state index in [1.165, 1.54) is 11.3 Å². The molecule has 96 valence electrons. The van der Waals surface area contributed by atoms with Crippen molar-refractivity contribution in [2.45, 2.75) is 19.5 Å². The molecular formula is C13H21ClN2S. The first kappa shape index (κ1) is 14.7. The number of benzene rings is 1. The van der Waals surface area contributed by atoms with Gasteiger partial charge in [0.05, 0.1) is 0 Å². The summed E-state index contributed by atoms with van der Waals surface area (Å²) in [5.74, 6) is 1.11. The molecule has 0 spiro atoms. The van der Waals surface area contributed by atoms with Crippen LogP contribution in [-0.2, 0) is 6.54 Å². The van der Waals surface area contributed by atoms with Crippen molar-refractivity contribution in [1.82, 2.24) is 5.32 Å². The Labute approximate surface area is 114 Å². The molecule has 1 aromatic rings. The number of hydrogen-bond acceptors (Lipinski definition) is 3. The van der Waals surface area contributed by atoms with Crippen LogP contribution < -0.4 is 10.2 Å². The van der Waals surface area contributed by atoms with E-state index >= 15 is 0 Å². The molecule has 0 heterocycles. The number of hydrogen-bond donors (Lipinski definition) is 1. The molecule has 0 aliphatic heterocycles. The maximum absolute atomic E-state index is 6.09. The summed E-state index contributed by atoms with van der Waals surface area (Å²) >= 11 is 7.96. The molecule has 1 N–H and O–H groups in total. The van der Waals surface area contributed by atoms with Crippen molar-refractivity contribution in [3.63, 3.8) is 0 Å². The molecule has 0 fully saturated rings. The van der Waals surface area contributed by atoms with Crippen molar-refractivity contribution in [2.24, 2.45) is 0 Å². The fourth-order valence-electron chi connectivity index (χ4n) is 1.80. The molecule has 0 amide bonds. The first-order valence-corrected chi connectivity index (χ1v) is 7.52. The van der Waals surface area contributed by atoms with Gasteiger partial charge in [-0.15, -0.1) is 0 Å². The molecule has 0 aliphatic carbocycles. The molecule has 1 rings (SSSR count). The van der Waals surface area contributed by atoms with E-state index in [-0.39, 0.29) is 0 Å². The lowest BCUT2D eigenvalue weighted by molar-refractivity contribution is 0.748. The van der Waals surface area contributed by atoms with Crippen LogP contribution in [0.2, 0.25) is 5.02 Å². The molecule has 0 saturated heterocycles. The molecule has 17 heavy (non-hydrogen) atoms. The third kappa shape index (κ3) is 4.09. The molecule has 0 radical (unpaired) electrons. The number of thioether (sulfide) groups is 1. The average molecular weight is 273 g/mol. The predicted molar refractivity (Wildman–Crippen MR) is 80.5 cm³/mol. The Morgan fingerprint density at radius 2 is 2.18 bits per heavy atom. The molecule has 0 bridgehead atoms. The summed E-state index contributed by atoms with van der Waals surface area (Å²) in [5.41, 5.74) is 2.50. The molecule has 0 saturated carbocycles. The lowest BCUT2D eigenvalue weighted by atomic mass is 10.1. The van der Waals surface area contributed by atoms with Crippen molar-refractivity contribution >= 4 is 29.1 Å². The van der Waals surface area contributed by atoms with Gasteiger partial charge in [0.25, 0.3) is 0 Å². The van der Waals surface area contributed by atoms with Crippen molar-refractivity contribution in [3.05, 3.63) is 28.8 Å². The Balaban J connectivity index is 2.96. The van der Waals surface area contributed by atoms with E-state index in [0.717, 1.165) is 17.3 Å². The Morgan fingerprint density at radius 3 is 2.76 bits per heavy atom. The van der Waals surface area contributed by atoms with E-state index in [9.17, 15) is 0 Å². The second-order valence-electron chi connectivity index (χ2n) is 4.22. The van der Waals surface area contributed by atoms with Gasteiger partial charge in [0.2, 0.25) is 0 Å². The highest BCUT2D eigenvalue weighted by atomic mass is 35.5. The van der Waals surface area contributed by atoms with Gasteiger partial charge in [-0.3, -0.25) is 0 Å². The third-order valence-corrected chi connectivity index (χ3v) is 3.91. The molecule has 1 aromatic carbocycles. The molecule has 0 aliphatic rings. The van der Waals surface area contributed by atoms with Crippen LogP contribution in [0.4, 0.5) is 5.69 Å². The normalized spacial score (nSPS) is 12.5. The van der Waals surface area contributed by atoms with E-state index in [0.29, 0.717) is 6.04 Å². The summed E-state index contributed by atoms with van der Waals surface area (Å²) < 4.78 is 0. The smallest absolute Gasteiger partial charge is 0.0426 e. The fraction of sp³-hybridized carbons (Fsp3) is 0.538. The fourth-order valence-corrected chi connectivity index (χ4v) is 2.67. The molecule has 1 atom stereocenters. The Kier molecular flexibility index (Phi) is 6.17. The van der Waals surface area contributed by atoms with Gasteiger partial charge < -0.3 is 10.2 Å². The van der Waals surface area contributed by atoms with Gasteiger partial charge in [-0.2, -0.15) is 11.8 Å². The second-order valence-corrected chi connectivity index (χ2v) is 5.57. The summed E-state index contributed by atoms with van der Waals surface area (Å²) in [6.45, 7) is 3.10. The van der Waals surface area contributed by atoms with Crippen LogP contribution in [0.25, 0.3) is 0 Å². The molecular weight excluding hydrogens is 252 g/mol. The number of anilines is 1. The number of nitrogens with one attached hydrogen (secondary N) is 1. The third-order valence-electron chi connectivity index (χ3n) is 2.86. The van der Waals surface area contributed by atoms with Crippen molar-refractivity contribution in [1.29, 1.82) is 0 Å². The lowest BCUT2D eigenvalue weighted by Crippen LogP contribution is -2.32. The van der Waals surface area contributed by atoms with Crippen molar-refractivity contribution in [3.8, 4) is 0 Å². The van der Waals surface area contributed by atoms with Gasteiger partial charge in [-0.05, 0) is 37.9 Å². The van der Waals surface area contributed by atoms with E-state index in [2.05, 4.69) is 36.5 Å². The summed E-state index contributed by atoms with van der Waals surface area (Å²) in [7, 11) is 4.09. The molecule has 0 aromatic heterocycles. The largest absolute Gasteiger partial charge is 0.371 e. The summed E-state index contributed by atoms with van der Waals surface area (Å²) in [4.78, 5) is 2.30. The van der Waals surface area contributed by atoms with Crippen LogP contribution in [0, 0.1) is 0 Å². The van der Waals surface area contributed by atoms with Crippen LogP contribution in [0.15, 0.2) is 18.2 Å². The molecule has 1 unspecified atom stereocenters. The van der Waals surface area contributed by atoms with E-state index in [4.69, 9.17) is 11.6 Å². The van der Waals surface area contributed by atoms with Gasteiger partial charge in [-0.1, -0.05) is 17.7 Å². The van der Waals surface area contributed by atoms with Crippen LogP contribution >= 0.6 is 23.4 Å². The maximum Gasteiger partial charge on any atom is 0.0426 e. The molecule has 4 heteroatoms. The van der Waals surface area contributed by atoms with Crippen LogP contribution in [-0.4, -0.2) is 32.1 Å². The minimum atomic E-state index is 0.499. The highest BCUT2D eigenvalue weighted by Gasteiger charge is 2.13. The SMILES string of the molecule is CNCc1ccc(Cl)cc1N(C)C(C)CSC. The van der Waals surface area contributed by atoms with Crippen molar-refractivity contribution < 1.29 is 0 Å². The van der Waals surface area contributed by atoms with Gasteiger partial charge in [0.15, 0.2) is 0 Å². The lowest BCUT2D eigenvalue weighted by Gasteiger charge is -2.29. The summed E-state index contributed by atoms with van der Waals surface area (Å²) in [6.07, 6.45) is 2.14. The molecule has 2 nitrogen and oxygen atoms in total. The van der Waals surface area contributed by atoms with E-state index < -0.39 is 0 Å². The Bertz CT molecular complexity index is 357. The standard InChI is InChI=1S/C13H21ClN2S/c1-10(9-17-4)16(3)13-7-12(14)6-5-11(13)8-15-2/h5-7,10,15H,8-9H2,1-4H3. The summed E-state index contributed by atoms with van der Waals surface area (Å²) in [5, 5.41) is 3.99. The predicted octanol–water partition coefficient (Wildman–Crippen LogP) is 3.25. The first-order chi connectivity index (χ1) is 8.10. The Morgan fingerprint density at radius 1 is 1.47 bits per heavy atom. The van der Waals surface area contributed by atoms with Crippen molar-refractivity contribution in [2.75, 3.05) is 31.0 Å². The van der Waals surface area contributed by atoms with Gasteiger partial charge in [-0.25, -0.2) is 0 Å². The summed E-state index contributed by atoms with van der Waals surface area (Å²) in [6, 6.07) is 6.59. The zero-order chi connectivity index (χ0) is 12.8. The highest BCUT2D eigenvalue weighted by molar-refractivity contribution is 7.98. The van der Waals surface area contributed by atoms with Gasteiger partial charge in [0.1, 0.15) is 0 Å². The Hall–Kier alpha value is -0.380. The zero-order valence-electron chi connectivity index (χ0n) is 11.0. The van der Waals surface area contributed by atoms with Gasteiger partial charge >= 0.3 is 0 Å². The van der Waals surface area contributed by atoms with Crippen LogP contribution in [0.5, 0.6) is 0 Å². The van der Waals surface area contributed by atoms with Crippen LogP contribution in [0.1, 0.15) is 12.5 Å². The first-order valence-electron chi connectivity index (χ1n) is 5.75. The number of nitrogens with zero attached hydrogens (tertiary/aromatic N) is 1. The minimum absolute atomic E-state index is 0.499. The monoisotopic (exact) mass is 272 g/mol. The quantitative estimate of drug-likeness (QED) is 0.856. The van der Waals surface area contributed by atoms with Gasteiger partial charge in [0, 0.05) is 36.1 Å². The minimum Gasteiger partial charge on any atom is -0.371 e. The van der Waals surface area contributed by atoms with Crippen LogP contribution in [0.3, 0.4) is 0 Å². The second kappa shape index (κ2) is 7.14.